The van der Waals surface area contributed by atoms with Crippen molar-refractivity contribution in [2.24, 2.45) is 5.92 Å². The Morgan fingerprint density at radius 1 is 1.41 bits per heavy atom. The normalized spacial score (nSPS) is 17.2. The third kappa shape index (κ3) is 3.11. The minimum atomic E-state index is 0.710. The molecule has 0 aliphatic carbocycles. The smallest absolute Gasteiger partial charge is 0.151 e. The number of nitrogens with one attached hydrogen (secondary N) is 1. The molecule has 3 nitrogen and oxygen atoms in total. The van der Waals surface area contributed by atoms with Crippen molar-refractivity contribution < 1.29 is 0 Å². The van der Waals surface area contributed by atoms with Crippen molar-refractivity contribution in [2.75, 3.05) is 29.9 Å². The van der Waals surface area contributed by atoms with Gasteiger partial charge in [0.15, 0.2) is 5.82 Å². The number of pyridine rings is 1. The molecule has 0 amide bonds. The number of hydrogen-bond donors (Lipinski definition) is 1. The van der Waals surface area contributed by atoms with Gasteiger partial charge in [-0.2, -0.15) is 0 Å². The van der Waals surface area contributed by atoms with E-state index in [4.69, 9.17) is 0 Å². The van der Waals surface area contributed by atoms with E-state index in [-0.39, 0.29) is 0 Å². The highest BCUT2D eigenvalue weighted by atomic mass is 15.2. The predicted molar refractivity (Wildman–Crippen MR) is 73.6 cm³/mol. The molecule has 94 valence electrons. The van der Waals surface area contributed by atoms with Crippen LogP contribution in [0.1, 0.15) is 33.1 Å². The fraction of sp³-hybridized carbons (Fsp3) is 0.643. The number of anilines is 2. The highest BCUT2D eigenvalue weighted by molar-refractivity contribution is 5.65. The lowest BCUT2D eigenvalue weighted by Crippen LogP contribution is -2.21. The molecule has 1 aromatic rings. The van der Waals surface area contributed by atoms with E-state index in [0.29, 0.717) is 5.92 Å². The summed E-state index contributed by atoms with van der Waals surface area (Å²) in [6.45, 7) is 7.84. The van der Waals surface area contributed by atoms with Crippen LogP contribution in [0.3, 0.4) is 0 Å². The van der Waals surface area contributed by atoms with Crippen LogP contribution in [0.25, 0.3) is 0 Å². The van der Waals surface area contributed by atoms with Gasteiger partial charge in [-0.3, -0.25) is 0 Å². The molecule has 0 saturated carbocycles. The zero-order chi connectivity index (χ0) is 12.1. The van der Waals surface area contributed by atoms with Crippen LogP contribution in [-0.4, -0.2) is 24.6 Å². The van der Waals surface area contributed by atoms with Gasteiger partial charge < -0.3 is 10.2 Å². The summed E-state index contributed by atoms with van der Waals surface area (Å²) in [4.78, 5) is 6.92. The monoisotopic (exact) mass is 233 g/mol. The molecule has 1 atom stereocenters. The van der Waals surface area contributed by atoms with E-state index >= 15 is 0 Å². The molecule has 1 fully saturated rings. The summed E-state index contributed by atoms with van der Waals surface area (Å²) < 4.78 is 0. The number of hydrogen-bond acceptors (Lipinski definition) is 3. The Hall–Kier alpha value is -1.25. The molecule has 1 unspecified atom stereocenters. The second-order valence-corrected chi connectivity index (χ2v) is 4.96. The van der Waals surface area contributed by atoms with E-state index < -0.39 is 0 Å². The highest BCUT2D eigenvalue weighted by Gasteiger charge is 2.16. The molecule has 0 radical (unpaired) electrons. The molecule has 1 aliphatic rings. The van der Waals surface area contributed by atoms with Crippen LogP contribution in [-0.2, 0) is 0 Å². The zero-order valence-corrected chi connectivity index (χ0v) is 10.9. The van der Waals surface area contributed by atoms with E-state index in [0.717, 1.165) is 25.5 Å². The van der Waals surface area contributed by atoms with Crippen molar-refractivity contribution in [1.82, 2.24) is 4.98 Å². The standard InChI is InChI=1S/C14H23N3/c1-3-12(2)11-16-13-7-6-8-15-14(13)17-9-4-5-10-17/h6-8,12,16H,3-5,9-11H2,1-2H3. The highest BCUT2D eigenvalue weighted by Crippen LogP contribution is 2.26. The molecule has 17 heavy (non-hydrogen) atoms. The van der Waals surface area contributed by atoms with Crippen LogP contribution < -0.4 is 10.2 Å². The van der Waals surface area contributed by atoms with Crippen LogP contribution in [0, 0.1) is 5.92 Å². The second kappa shape index (κ2) is 5.89. The first kappa shape index (κ1) is 12.2. The lowest BCUT2D eigenvalue weighted by molar-refractivity contribution is 0.593. The number of aromatic nitrogens is 1. The Morgan fingerprint density at radius 3 is 2.88 bits per heavy atom. The SMILES string of the molecule is CCC(C)CNc1cccnc1N1CCCC1. The van der Waals surface area contributed by atoms with Crippen LogP contribution in [0.4, 0.5) is 11.5 Å². The molecule has 1 aliphatic heterocycles. The molecule has 0 spiro atoms. The average molecular weight is 233 g/mol. The summed E-state index contributed by atoms with van der Waals surface area (Å²) in [5.74, 6) is 1.84. The van der Waals surface area contributed by atoms with Crippen molar-refractivity contribution in [3.63, 3.8) is 0 Å². The van der Waals surface area contributed by atoms with Crippen molar-refractivity contribution in [3.05, 3.63) is 18.3 Å². The minimum Gasteiger partial charge on any atom is -0.382 e. The Balaban J connectivity index is 2.04. The zero-order valence-electron chi connectivity index (χ0n) is 10.9. The molecule has 0 aromatic carbocycles. The summed E-state index contributed by atoms with van der Waals surface area (Å²) in [5.41, 5.74) is 1.19. The maximum absolute atomic E-state index is 4.53. The van der Waals surface area contributed by atoms with Gasteiger partial charge in [-0.15, -0.1) is 0 Å². The molecule has 1 saturated heterocycles. The van der Waals surface area contributed by atoms with Crippen LogP contribution >= 0.6 is 0 Å². The Bertz CT molecular complexity index is 345. The van der Waals surface area contributed by atoms with Gasteiger partial charge in [0.25, 0.3) is 0 Å². The fourth-order valence-electron chi connectivity index (χ4n) is 2.14. The first-order chi connectivity index (χ1) is 8.31. The van der Waals surface area contributed by atoms with Crippen molar-refractivity contribution >= 4 is 11.5 Å². The molecule has 0 bridgehead atoms. The van der Waals surface area contributed by atoms with Gasteiger partial charge in [0, 0.05) is 25.8 Å². The summed E-state index contributed by atoms with van der Waals surface area (Å²) in [5, 5.41) is 3.54. The van der Waals surface area contributed by atoms with Crippen LogP contribution in [0.15, 0.2) is 18.3 Å². The van der Waals surface area contributed by atoms with Gasteiger partial charge in [-0.05, 0) is 30.9 Å². The molecule has 2 heterocycles. The minimum absolute atomic E-state index is 0.710. The molecule has 1 aromatic heterocycles. The average Bonchev–Trinajstić information content (AvgIpc) is 2.90. The van der Waals surface area contributed by atoms with Crippen molar-refractivity contribution in [3.8, 4) is 0 Å². The predicted octanol–water partition coefficient (Wildman–Crippen LogP) is 3.14. The molecular weight excluding hydrogens is 210 g/mol. The Morgan fingerprint density at radius 2 is 2.18 bits per heavy atom. The first-order valence-corrected chi connectivity index (χ1v) is 6.75. The van der Waals surface area contributed by atoms with Gasteiger partial charge in [0.1, 0.15) is 0 Å². The number of rotatable bonds is 5. The lowest BCUT2D eigenvalue weighted by Gasteiger charge is -2.21. The van der Waals surface area contributed by atoms with Gasteiger partial charge in [-0.1, -0.05) is 20.3 Å². The van der Waals surface area contributed by atoms with E-state index in [2.05, 4.69) is 35.1 Å². The molecule has 2 rings (SSSR count). The maximum Gasteiger partial charge on any atom is 0.151 e. The van der Waals surface area contributed by atoms with Crippen LogP contribution in [0.2, 0.25) is 0 Å². The second-order valence-electron chi connectivity index (χ2n) is 4.96. The maximum atomic E-state index is 4.53. The van der Waals surface area contributed by atoms with E-state index in [1.54, 1.807) is 0 Å². The van der Waals surface area contributed by atoms with Gasteiger partial charge in [0.2, 0.25) is 0 Å². The van der Waals surface area contributed by atoms with Gasteiger partial charge in [-0.25, -0.2) is 4.98 Å². The van der Waals surface area contributed by atoms with E-state index in [1.165, 1.54) is 24.9 Å². The summed E-state index contributed by atoms with van der Waals surface area (Å²) in [7, 11) is 0. The van der Waals surface area contributed by atoms with E-state index in [9.17, 15) is 0 Å². The Labute approximate surface area is 104 Å². The summed E-state index contributed by atoms with van der Waals surface area (Å²) in [6, 6.07) is 4.15. The third-order valence-corrected chi connectivity index (χ3v) is 3.53. The van der Waals surface area contributed by atoms with Gasteiger partial charge in [0.05, 0.1) is 5.69 Å². The third-order valence-electron chi connectivity index (χ3n) is 3.53. The van der Waals surface area contributed by atoms with Gasteiger partial charge >= 0.3 is 0 Å². The fourth-order valence-corrected chi connectivity index (χ4v) is 2.14. The molecule has 1 N–H and O–H groups in total. The van der Waals surface area contributed by atoms with Crippen molar-refractivity contribution in [1.29, 1.82) is 0 Å². The number of nitrogens with zero attached hydrogens (tertiary/aromatic N) is 2. The molecule has 3 heteroatoms. The van der Waals surface area contributed by atoms with Crippen molar-refractivity contribution in [2.45, 2.75) is 33.1 Å². The first-order valence-electron chi connectivity index (χ1n) is 6.75. The molecular formula is C14H23N3. The quantitative estimate of drug-likeness (QED) is 0.847. The van der Waals surface area contributed by atoms with E-state index in [1.807, 2.05) is 12.3 Å². The van der Waals surface area contributed by atoms with Crippen LogP contribution in [0.5, 0.6) is 0 Å². The topological polar surface area (TPSA) is 28.2 Å². The lowest BCUT2D eigenvalue weighted by atomic mass is 10.1. The summed E-state index contributed by atoms with van der Waals surface area (Å²) >= 11 is 0. The summed E-state index contributed by atoms with van der Waals surface area (Å²) in [6.07, 6.45) is 5.69. The Kier molecular flexibility index (Phi) is 4.24. The largest absolute Gasteiger partial charge is 0.382 e.